The second-order valence-electron chi connectivity index (χ2n) is 8.54. The van der Waals surface area contributed by atoms with E-state index in [4.69, 9.17) is 10.5 Å². The number of hydrogen-bond donors (Lipinski definition) is 3. The number of carbonyl (C=O) groups is 1. The third kappa shape index (κ3) is 6.51. The number of benzene rings is 2. The molecule has 3 aromatic heterocycles. The van der Waals surface area contributed by atoms with Gasteiger partial charge in [0.15, 0.2) is 11.6 Å². The topological polar surface area (TPSA) is 114 Å². The zero-order valence-corrected chi connectivity index (χ0v) is 25.1. The Bertz CT molecular complexity index is 1640. The number of pyridine rings is 1. The van der Waals surface area contributed by atoms with Gasteiger partial charge in [0, 0.05) is 22.7 Å². The predicted octanol–water partition coefficient (Wildman–Crippen LogP) is 7.65. The Morgan fingerprint density at radius 1 is 1.08 bits per heavy atom. The van der Waals surface area contributed by atoms with Gasteiger partial charge < -0.3 is 16.0 Å². The van der Waals surface area contributed by atoms with Crippen molar-refractivity contribution in [2.75, 3.05) is 10.6 Å². The Labute approximate surface area is 241 Å². The van der Waals surface area contributed by atoms with Crippen LogP contribution in [0.1, 0.15) is 33.6 Å². The summed E-state index contributed by atoms with van der Waals surface area (Å²) in [6, 6.07) is 19.4. The second-order valence-corrected chi connectivity index (χ2v) is 10.6. The van der Waals surface area contributed by atoms with Gasteiger partial charge in [-0.1, -0.05) is 51.0 Å². The molecule has 0 bridgehead atoms. The summed E-state index contributed by atoms with van der Waals surface area (Å²) in [4.78, 5) is 16.9. The number of allylic oxidation sites excluding steroid dienone is 1. The fraction of sp³-hybridized carbons (Fsp3) is 0.179. The van der Waals surface area contributed by atoms with Crippen LogP contribution in [0, 0.1) is 5.41 Å². The smallest absolute Gasteiger partial charge is 0.258 e. The first-order chi connectivity index (χ1) is 19.0. The fourth-order valence-electron chi connectivity index (χ4n) is 3.73. The average Bonchev–Trinajstić information content (AvgIpc) is 3.55. The van der Waals surface area contributed by atoms with Crippen LogP contribution in [0.3, 0.4) is 0 Å². The number of carbonyl (C=O) groups excluding carboxylic acids is 1. The number of para-hydroxylation sites is 1. The van der Waals surface area contributed by atoms with E-state index in [2.05, 4.69) is 68.7 Å². The monoisotopic (exact) mass is 652 g/mol. The molecule has 2 aromatic carbocycles. The van der Waals surface area contributed by atoms with Gasteiger partial charge in [0.05, 0.1) is 29.2 Å². The van der Waals surface area contributed by atoms with E-state index in [0.717, 1.165) is 33.7 Å². The molecule has 0 saturated heterocycles. The molecule has 0 spiro atoms. The largest absolute Gasteiger partial charge is 0.338 e. The Kier molecular flexibility index (Phi) is 9.78. The van der Waals surface area contributed by atoms with Gasteiger partial charge in [-0.2, -0.15) is 5.10 Å². The molecular weight excluding hydrogens is 622 g/mol. The number of unbranched alkanes of at least 4 members (excludes halogenated alkanes) is 1. The molecule has 11 heteroatoms. The molecule has 1 amide bonds. The molecule has 9 nitrogen and oxygen atoms in total. The van der Waals surface area contributed by atoms with Crippen LogP contribution in [0.15, 0.2) is 78.5 Å². The summed E-state index contributed by atoms with van der Waals surface area (Å²) in [7, 11) is 0. The number of rotatable bonds is 8. The van der Waals surface area contributed by atoms with Crippen molar-refractivity contribution in [3.63, 3.8) is 0 Å². The van der Waals surface area contributed by atoms with Crippen molar-refractivity contribution in [2.24, 2.45) is 0 Å². The quantitative estimate of drug-likeness (QED) is 0.0690. The average molecular weight is 652 g/mol. The van der Waals surface area contributed by atoms with Gasteiger partial charge in [-0.3, -0.25) is 4.79 Å². The standard InChI is InChI=1S/C24H20IN8OP.C4H10/c1-2-15(13-26)24(34)30-21-8-5-9-22(29-21)32-20-7-4-3-6-18(20)23(31-32)28-17-10-11-19-16(12-17)14-27-33(19)35-25;1-3-4-2/h2-14,26,35H,1H3,(H,28,31)(H,29,30,34);3-4H2,1-2H3/b15-2+,26-13?;. The molecule has 0 saturated carbocycles. The summed E-state index contributed by atoms with van der Waals surface area (Å²) < 4.78 is 3.72. The van der Waals surface area contributed by atoms with Crippen LogP contribution in [0.2, 0.25) is 0 Å². The number of hydrogen-bond acceptors (Lipinski definition) is 6. The number of fused-ring (bicyclic) bond motifs is 2. The SMILES string of the molecule is C/C=C(\C=N)C(=O)Nc1cccc(-n2nc(Nc3ccc4c(cnn4PI)c3)c3ccccc32)n1.CCCC. The van der Waals surface area contributed by atoms with Gasteiger partial charge in [0.1, 0.15) is 5.82 Å². The summed E-state index contributed by atoms with van der Waals surface area (Å²) in [5.74, 6) is 1.24. The first kappa shape index (κ1) is 28.4. The molecule has 0 fully saturated rings. The normalized spacial score (nSPS) is 11.5. The molecule has 0 aliphatic rings. The predicted molar refractivity (Wildman–Crippen MR) is 171 cm³/mol. The van der Waals surface area contributed by atoms with Crippen LogP contribution < -0.4 is 10.6 Å². The molecule has 1 unspecified atom stereocenters. The van der Waals surface area contributed by atoms with E-state index >= 15 is 0 Å². The number of nitrogens with one attached hydrogen (secondary N) is 3. The highest BCUT2D eigenvalue weighted by molar-refractivity contribution is 14.2. The summed E-state index contributed by atoms with van der Waals surface area (Å²) in [5.41, 5.74) is 3.13. The van der Waals surface area contributed by atoms with E-state index in [1.807, 2.05) is 47.0 Å². The highest BCUT2D eigenvalue weighted by Gasteiger charge is 2.14. The zero-order valence-electron chi connectivity index (χ0n) is 21.9. The zero-order chi connectivity index (χ0) is 27.8. The third-order valence-electron chi connectivity index (χ3n) is 5.92. The van der Waals surface area contributed by atoms with Crippen molar-refractivity contribution in [3.05, 3.63) is 78.5 Å². The number of nitrogens with zero attached hydrogens (tertiary/aromatic N) is 5. The Hall–Kier alpha value is -3.63. The number of anilines is 3. The number of amides is 1. The Morgan fingerprint density at radius 3 is 2.59 bits per heavy atom. The molecule has 5 rings (SSSR count). The lowest BCUT2D eigenvalue weighted by atomic mass is 10.2. The van der Waals surface area contributed by atoms with Crippen molar-refractivity contribution in [2.45, 2.75) is 33.6 Å². The lowest BCUT2D eigenvalue weighted by molar-refractivity contribution is -0.112. The van der Waals surface area contributed by atoms with Gasteiger partial charge in [-0.15, -0.1) is 5.10 Å². The molecule has 39 heavy (non-hydrogen) atoms. The van der Waals surface area contributed by atoms with Gasteiger partial charge in [-0.05, 0) is 71.4 Å². The molecule has 3 heterocycles. The molecule has 200 valence electrons. The number of aromatic nitrogens is 5. The lowest BCUT2D eigenvalue weighted by Crippen LogP contribution is -2.16. The van der Waals surface area contributed by atoms with E-state index in [-0.39, 0.29) is 11.5 Å². The molecule has 1 atom stereocenters. The van der Waals surface area contributed by atoms with Crippen LogP contribution in [-0.2, 0) is 4.79 Å². The molecule has 0 aliphatic carbocycles. The third-order valence-corrected chi connectivity index (χ3v) is 7.81. The first-order valence-corrected chi connectivity index (χ1v) is 16.6. The highest BCUT2D eigenvalue weighted by Crippen LogP contribution is 2.32. The van der Waals surface area contributed by atoms with Crippen LogP contribution >= 0.6 is 28.4 Å². The van der Waals surface area contributed by atoms with Crippen molar-refractivity contribution in [1.29, 1.82) is 5.41 Å². The van der Waals surface area contributed by atoms with Gasteiger partial charge >= 0.3 is 0 Å². The first-order valence-electron chi connectivity index (χ1n) is 12.6. The van der Waals surface area contributed by atoms with Crippen molar-refractivity contribution in [3.8, 4) is 5.82 Å². The number of halogens is 1. The van der Waals surface area contributed by atoms with E-state index in [1.165, 1.54) is 12.8 Å². The van der Waals surface area contributed by atoms with Crippen LogP contribution in [0.25, 0.3) is 27.6 Å². The van der Waals surface area contributed by atoms with Crippen molar-refractivity contribution >= 4 is 79.7 Å². The molecule has 3 N–H and O–H groups in total. The fourth-order valence-corrected chi connectivity index (χ4v) is 5.28. The van der Waals surface area contributed by atoms with Gasteiger partial charge in [0.25, 0.3) is 5.91 Å². The van der Waals surface area contributed by atoms with Crippen molar-refractivity contribution < 1.29 is 4.79 Å². The van der Waals surface area contributed by atoms with Crippen LogP contribution in [0.5, 0.6) is 0 Å². The second kappa shape index (κ2) is 13.4. The maximum absolute atomic E-state index is 12.3. The maximum Gasteiger partial charge on any atom is 0.258 e. The van der Waals surface area contributed by atoms with E-state index < -0.39 is 0 Å². The minimum atomic E-state index is -0.387. The molecule has 0 aliphatic heterocycles. The molecular formula is C28H30IN8OP. The van der Waals surface area contributed by atoms with Crippen LogP contribution in [0.4, 0.5) is 17.3 Å². The van der Waals surface area contributed by atoms with Gasteiger partial charge in [0.2, 0.25) is 0 Å². The van der Waals surface area contributed by atoms with Crippen LogP contribution in [-0.4, -0.2) is 36.4 Å². The Morgan fingerprint density at radius 2 is 1.87 bits per heavy atom. The minimum Gasteiger partial charge on any atom is -0.338 e. The summed E-state index contributed by atoms with van der Waals surface area (Å²) in [6.45, 7) is 6.07. The highest BCUT2D eigenvalue weighted by atomic mass is 127. The van der Waals surface area contributed by atoms with Crippen molar-refractivity contribution in [1.82, 2.24) is 24.3 Å². The van der Waals surface area contributed by atoms with Gasteiger partial charge in [-0.25, -0.2) is 14.1 Å². The molecule has 0 radical (unpaired) electrons. The summed E-state index contributed by atoms with van der Waals surface area (Å²) in [6.07, 6.45) is 7.64. The van der Waals surface area contributed by atoms with E-state index in [0.29, 0.717) is 23.8 Å². The summed E-state index contributed by atoms with van der Waals surface area (Å²) in [5, 5.41) is 24.8. The maximum atomic E-state index is 12.3. The molecule has 5 aromatic rings. The van der Waals surface area contributed by atoms with E-state index in [1.54, 1.807) is 29.8 Å². The van der Waals surface area contributed by atoms with E-state index in [9.17, 15) is 4.79 Å². The minimum absolute atomic E-state index is 0.259. The summed E-state index contributed by atoms with van der Waals surface area (Å²) >= 11 is 2.32. The Balaban J connectivity index is 0.000000826. The lowest BCUT2D eigenvalue weighted by Gasteiger charge is -2.07.